The van der Waals surface area contributed by atoms with Crippen LogP contribution in [0.25, 0.3) is 0 Å². The van der Waals surface area contributed by atoms with Crippen LogP contribution in [-0.2, 0) is 28.6 Å². The van der Waals surface area contributed by atoms with E-state index in [0.717, 1.165) is 83.5 Å². The highest BCUT2D eigenvalue weighted by atomic mass is 16.6. The van der Waals surface area contributed by atoms with Gasteiger partial charge in [0.25, 0.3) is 0 Å². The summed E-state index contributed by atoms with van der Waals surface area (Å²) in [7, 11) is 0. The number of esters is 3. The van der Waals surface area contributed by atoms with Crippen molar-refractivity contribution in [3.8, 4) is 0 Å². The Morgan fingerprint density at radius 3 is 0.922 bits per heavy atom. The second kappa shape index (κ2) is 65.1. The molecule has 0 radical (unpaired) electrons. The van der Waals surface area contributed by atoms with Gasteiger partial charge < -0.3 is 14.2 Å². The number of hydrogen-bond acceptors (Lipinski definition) is 6. The predicted molar refractivity (Wildman–Crippen MR) is 334 cm³/mol. The van der Waals surface area contributed by atoms with E-state index in [9.17, 15) is 14.4 Å². The minimum Gasteiger partial charge on any atom is -0.462 e. The molecule has 0 aliphatic heterocycles. The molecule has 0 rings (SSSR count). The number of ether oxygens (including phenoxy) is 3. The zero-order valence-electron chi connectivity index (χ0n) is 51.0. The van der Waals surface area contributed by atoms with Crippen LogP contribution in [0.5, 0.6) is 0 Å². The van der Waals surface area contributed by atoms with Crippen molar-refractivity contribution in [2.24, 2.45) is 0 Å². The summed E-state index contributed by atoms with van der Waals surface area (Å²) in [5.74, 6) is -1.04. The Labute approximate surface area is 477 Å². The second-order valence-electron chi connectivity index (χ2n) is 22.0. The average molecular weight is 1070 g/mol. The average Bonchev–Trinajstić information content (AvgIpc) is 3.43. The topological polar surface area (TPSA) is 78.9 Å². The molecule has 6 heteroatoms. The first-order chi connectivity index (χ1) is 38.0. The van der Waals surface area contributed by atoms with Gasteiger partial charge in [0.05, 0.1) is 6.42 Å². The molecule has 0 heterocycles. The Balaban J connectivity index is 4.34. The largest absolute Gasteiger partial charge is 0.462 e. The molecule has 444 valence electrons. The lowest BCUT2D eigenvalue weighted by Gasteiger charge is -2.18. The highest BCUT2D eigenvalue weighted by molar-refractivity contribution is 5.72. The molecular weight excluding hydrogens is 949 g/mol. The molecule has 0 amide bonds. The lowest BCUT2D eigenvalue weighted by atomic mass is 10.0. The minimum absolute atomic E-state index is 0.107. The number of rotatable bonds is 60. The monoisotopic (exact) mass is 1070 g/mol. The lowest BCUT2D eigenvalue weighted by Crippen LogP contribution is -2.30. The number of hydrogen-bond donors (Lipinski definition) is 0. The molecule has 6 nitrogen and oxygen atoms in total. The van der Waals surface area contributed by atoms with Crippen molar-refractivity contribution in [2.75, 3.05) is 13.2 Å². The maximum atomic E-state index is 12.9. The molecule has 0 bridgehead atoms. The predicted octanol–water partition coefficient (Wildman–Crippen LogP) is 22.7. The van der Waals surface area contributed by atoms with Crippen molar-refractivity contribution in [2.45, 2.75) is 335 Å². The van der Waals surface area contributed by atoms with Gasteiger partial charge in [-0.2, -0.15) is 0 Å². The van der Waals surface area contributed by atoms with E-state index in [-0.39, 0.29) is 31.6 Å². The molecule has 0 spiro atoms. The van der Waals surface area contributed by atoms with Crippen LogP contribution in [0.15, 0.2) is 85.1 Å². The third kappa shape index (κ3) is 63.3. The maximum Gasteiger partial charge on any atom is 0.309 e. The molecule has 0 aromatic carbocycles. The zero-order valence-corrected chi connectivity index (χ0v) is 51.0. The number of allylic oxidation sites excluding steroid dienone is 13. The summed E-state index contributed by atoms with van der Waals surface area (Å²) in [6, 6.07) is 0. The first-order valence-electron chi connectivity index (χ1n) is 33.1. The SMILES string of the molecule is CC/C=C\C/C=C\C/C=C\C/C=C\C/C=C\CC(=O)OCC(COC(=O)CCCCCCCCCCCCCCCCCCCCCCCCCCCC)OC(=O)CCCCCCCCC/C=C\C/C=C\CCCCCC. The lowest BCUT2D eigenvalue weighted by molar-refractivity contribution is -0.166. The van der Waals surface area contributed by atoms with Gasteiger partial charge in [0, 0.05) is 12.8 Å². The standard InChI is InChI=1S/C71H124O6/c1-4-7-10-13-16-19-22-25-28-30-32-33-34-35-36-37-38-39-41-43-46-49-52-55-58-61-64-70(73)76-67-68(66-75-69(72)63-60-57-54-51-48-45-42-27-24-21-18-15-12-9-6-3)77-71(74)65-62-59-56-53-50-47-44-40-31-29-26-23-20-17-14-11-8-5-2/h9,12,18,20-21,23,27,29,31,42,48,51,57,60,68H,4-8,10-11,13-17,19,22,24-26,28,30,32-41,43-47,49-50,52-56,58-59,61-67H2,1-3H3/b12-9-,21-18-,23-20-,31-29-,42-27-,51-48-,60-57-. The fraction of sp³-hybridized carbons (Fsp3) is 0.761. The summed E-state index contributed by atoms with van der Waals surface area (Å²) >= 11 is 0. The van der Waals surface area contributed by atoms with Gasteiger partial charge in [-0.25, -0.2) is 0 Å². The maximum absolute atomic E-state index is 12.9. The summed E-state index contributed by atoms with van der Waals surface area (Å²) in [4.78, 5) is 38.3. The van der Waals surface area contributed by atoms with Crippen molar-refractivity contribution < 1.29 is 28.6 Å². The van der Waals surface area contributed by atoms with Gasteiger partial charge >= 0.3 is 17.9 Å². The number of carbonyl (C=O) groups excluding carboxylic acids is 3. The molecule has 0 saturated heterocycles. The van der Waals surface area contributed by atoms with E-state index in [0.29, 0.717) is 12.8 Å². The highest BCUT2D eigenvalue weighted by Crippen LogP contribution is 2.17. The molecule has 0 N–H and O–H groups in total. The number of carbonyl (C=O) groups is 3. The van der Waals surface area contributed by atoms with Crippen molar-refractivity contribution in [1.29, 1.82) is 0 Å². The Bertz CT molecular complexity index is 1470. The molecule has 0 aromatic heterocycles. The van der Waals surface area contributed by atoms with Crippen LogP contribution in [0.3, 0.4) is 0 Å². The summed E-state index contributed by atoms with van der Waals surface area (Å²) in [5.41, 5.74) is 0. The van der Waals surface area contributed by atoms with Gasteiger partial charge in [-0.1, -0.05) is 318 Å². The van der Waals surface area contributed by atoms with E-state index < -0.39 is 12.1 Å². The van der Waals surface area contributed by atoms with Crippen LogP contribution in [-0.4, -0.2) is 37.2 Å². The third-order valence-electron chi connectivity index (χ3n) is 14.4. The van der Waals surface area contributed by atoms with E-state index in [4.69, 9.17) is 14.2 Å². The Morgan fingerprint density at radius 1 is 0.286 bits per heavy atom. The van der Waals surface area contributed by atoms with E-state index >= 15 is 0 Å². The van der Waals surface area contributed by atoms with Gasteiger partial charge in [0.1, 0.15) is 13.2 Å². The van der Waals surface area contributed by atoms with Gasteiger partial charge in [-0.05, 0) is 77.0 Å². The summed E-state index contributed by atoms with van der Waals surface area (Å²) < 4.78 is 16.8. The van der Waals surface area contributed by atoms with Crippen molar-refractivity contribution >= 4 is 17.9 Å². The van der Waals surface area contributed by atoms with E-state index in [1.54, 1.807) is 6.08 Å². The highest BCUT2D eigenvalue weighted by Gasteiger charge is 2.19. The van der Waals surface area contributed by atoms with Crippen LogP contribution in [0, 0.1) is 0 Å². The Morgan fingerprint density at radius 2 is 0.558 bits per heavy atom. The number of unbranched alkanes of at least 4 members (excludes halogenated alkanes) is 36. The van der Waals surface area contributed by atoms with Gasteiger partial charge in [0.15, 0.2) is 6.10 Å². The molecule has 0 fully saturated rings. The molecule has 0 aliphatic rings. The Kier molecular flexibility index (Phi) is 62.2. The molecule has 77 heavy (non-hydrogen) atoms. The van der Waals surface area contributed by atoms with E-state index in [2.05, 4.69) is 93.7 Å². The molecule has 0 aromatic rings. The van der Waals surface area contributed by atoms with Crippen LogP contribution in [0.4, 0.5) is 0 Å². The first kappa shape index (κ1) is 73.6. The van der Waals surface area contributed by atoms with Gasteiger partial charge in [-0.3, -0.25) is 14.4 Å². The van der Waals surface area contributed by atoms with E-state index in [1.807, 2.05) is 6.08 Å². The fourth-order valence-electron chi connectivity index (χ4n) is 9.49. The molecule has 1 unspecified atom stereocenters. The summed E-state index contributed by atoms with van der Waals surface area (Å²) in [6.07, 6.45) is 86.3. The summed E-state index contributed by atoms with van der Waals surface area (Å²) in [5, 5.41) is 0. The van der Waals surface area contributed by atoms with Crippen LogP contribution in [0.2, 0.25) is 0 Å². The second-order valence-corrected chi connectivity index (χ2v) is 22.0. The minimum atomic E-state index is -0.821. The molecule has 0 aliphatic carbocycles. The summed E-state index contributed by atoms with van der Waals surface area (Å²) in [6.45, 7) is 6.46. The van der Waals surface area contributed by atoms with Gasteiger partial charge in [-0.15, -0.1) is 0 Å². The van der Waals surface area contributed by atoms with Crippen LogP contribution >= 0.6 is 0 Å². The van der Waals surface area contributed by atoms with Crippen molar-refractivity contribution in [1.82, 2.24) is 0 Å². The first-order valence-corrected chi connectivity index (χ1v) is 33.1. The smallest absolute Gasteiger partial charge is 0.309 e. The van der Waals surface area contributed by atoms with Crippen molar-refractivity contribution in [3.05, 3.63) is 85.1 Å². The zero-order chi connectivity index (χ0) is 55.7. The van der Waals surface area contributed by atoms with E-state index in [1.165, 1.54) is 205 Å². The fourth-order valence-corrected chi connectivity index (χ4v) is 9.49. The normalized spacial score (nSPS) is 12.6. The van der Waals surface area contributed by atoms with Crippen LogP contribution < -0.4 is 0 Å². The Hall–Kier alpha value is -3.41. The quantitative estimate of drug-likeness (QED) is 0.0261. The molecular formula is C71H124O6. The molecule has 1 atom stereocenters. The van der Waals surface area contributed by atoms with Crippen LogP contribution in [0.1, 0.15) is 329 Å². The molecule has 0 saturated carbocycles. The third-order valence-corrected chi connectivity index (χ3v) is 14.4. The van der Waals surface area contributed by atoms with Crippen molar-refractivity contribution in [3.63, 3.8) is 0 Å². The van der Waals surface area contributed by atoms with Gasteiger partial charge in [0.2, 0.25) is 0 Å².